The van der Waals surface area contributed by atoms with Gasteiger partial charge < -0.3 is 19.1 Å². The minimum atomic E-state index is -3.47. The van der Waals surface area contributed by atoms with Gasteiger partial charge in [0.2, 0.25) is 10.0 Å². The summed E-state index contributed by atoms with van der Waals surface area (Å²) in [5, 5.41) is 0. The summed E-state index contributed by atoms with van der Waals surface area (Å²) in [5.74, 6) is 0. The molecule has 0 aliphatic carbocycles. The Balaban J connectivity index is 5.27. The van der Waals surface area contributed by atoms with Crippen LogP contribution in [0.5, 0.6) is 0 Å². The van der Waals surface area contributed by atoms with Gasteiger partial charge in [0.25, 0.3) is 0 Å². The number of nitrogens with zero attached hydrogens (tertiary/aromatic N) is 2. The second kappa shape index (κ2) is 11.5. The predicted octanol–water partition coefficient (Wildman–Crippen LogP) is 2.97. The molecule has 8 nitrogen and oxygen atoms in total. The third kappa shape index (κ3) is 11.2. The smallest absolute Gasteiger partial charge is 0.409 e. The Morgan fingerprint density at radius 1 is 1.10 bits per heavy atom. The van der Waals surface area contributed by atoms with Crippen LogP contribution in [0.3, 0.4) is 0 Å². The molecule has 0 saturated carbocycles. The van der Waals surface area contributed by atoms with Gasteiger partial charge in [0.15, 0.2) is 0 Å². The lowest BCUT2D eigenvalue weighted by Crippen LogP contribution is -2.51. The minimum Gasteiger partial charge on any atom is -0.447 e. The molecule has 0 unspecified atom stereocenters. The van der Waals surface area contributed by atoms with Gasteiger partial charge >= 0.3 is 6.09 Å². The second-order valence-electron chi connectivity index (χ2n) is 9.43. The molecule has 0 rings (SSSR count). The fraction of sp³-hybridized carbons (Fsp3) is 0.950. The molecule has 0 saturated heterocycles. The van der Waals surface area contributed by atoms with Crippen molar-refractivity contribution in [3.05, 3.63) is 0 Å². The molecule has 0 bridgehead atoms. The zero-order valence-corrected chi connectivity index (χ0v) is 20.8. The van der Waals surface area contributed by atoms with Crippen LogP contribution in [0.4, 0.5) is 4.79 Å². The molecule has 0 aromatic heterocycles. The van der Waals surface area contributed by atoms with Crippen LogP contribution < -0.4 is 0 Å². The topological polar surface area (TPSA) is 85.4 Å². The third-order valence-corrected chi connectivity index (χ3v) is 6.11. The fourth-order valence-corrected chi connectivity index (χ4v) is 3.86. The maximum Gasteiger partial charge on any atom is 0.409 e. The Hall–Kier alpha value is -0.900. The fourth-order valence-electron chi connectivity index (χ4n) is 2.43. The molecular weight excluding hydrogens is 396 g/mol. The lowest BCUT2D eigenvalue weighted by molar-refractivity contribution is -0.0864. The molecule has 29 heavy (non-hydrogen) atoms. The first-order valence-electron chi connectivity index (χ1n) is 10.1. The van der Waals surface area contributed by atoms with Gasteiger partial charge in [0, 0.05) is 32.3 Å². The summed E-state index contributed by atoms with van der Waals surface area (Å²) in [6, 6.07) is 0. The van der Waals surface area contributed by atoms with Crippen LogP contribution >= 0.6 is 0 Å². The minimum absolute atomic E-state index is 0.0413. The Morgan fingerprint density at radius 3 is 2.07 bits per heavy atom. The first-order chi connectivity index (χ1) is 13.0. The van der Waals surface area contributed by atoms with E-state index in [9.17, 15) is 13.2 Å². The highest BCUT2D eigenvalue weighted by atomic mass is 32.2. The van der Waals surface area contributed by atoms with Crippen LogP contribution in [0.15, 0.2) is 0 Å². The van der Waals surface area contributed by atoms with Crippen molar-refractivity contribution < 1.29 is 27.4 Å². The largest absolute Gasteiger partial charge is 0.447 e. The zero-order valence-electron chi connectivity index (χ0n) is 19.9. The van der Waals surface area contributed by atoms with Crippen molar-refractivity contribution >= 4 is 16.1 Å². The van der Waals surface area contributed by atoms with E-state index in [1.807, 2.05) is 55.4 Å². The Labute approximate surface area is 177 Å². The van der Waals surface area contributed by atoms with Gasteiger partial charge in [0.05, 0.1) is 19.0 Å². The number of carbonyl (C=O) groups excluding carboxylic acids is 1. The molecule has 2 atom stereocenters. The summed E-state index contributed by atoms with van der Waals surface area (Å²) < 4.78 is 42.9. The summed E-state index contributed by atoms with van der Waals surface area (Å²) in [5.41, 5.74) is -0.771. The summed E-state index contributed by atoms with van der Waals surface area (Å²) >= 11 is 0. The van der Waals surface area contributed by atoms with E-state index in [-0.39, 0.29) is 24.7 Å². The summed E-state index contributed by atoms with van der Waals surface area (Å²) in [7, 11) is -1.84. The summed E-state index contributed by atoms with van der Waals surface area (Å²) in [6.45, 7) is 16.9. The number of likely N-dealkylation sites (N-methyl/N-ethyl adjacent to an activating group) is 1. The van der Waals surface area contributed by atoms with E-state index in [4.69, 9.17) is 14.2 Å². The quantitative estimate of drug-likeness (QED) is 0.461. The molecule has 0 radical (unpaired) electrons. The lowest BCUT2D eigenvalue weighted by Gasteiger charge is -2.38. The molecule has 0 aliphatic rings. The van der Waals surface area contributed by atoms with Crippen LogP contribution in [0, 0.1) is 5.41 Å². The number of hydrogen-bond acceptors (Lipinski definition) is 6. The first-order valence-corrected chi connectivity index (χ1v) is 11.9. The molecule has 0 spiro atoms. The van der Waals surface area contributed by atoms with Crippen molar-refractivity contribution in [2.75, 3.05) is 46.2 Å². The number of amides is 1. The molecule has 0 aromatic rings. The monoisotopic (exact) mass is 438 g/mol. The molecule has 0 N–H and O–H groups in total. The van der Waals surface area contributed by atoms with Crippen molar-refractivity contribution in [3.63, 3.8) is 0 Å². The average molecular weight is 439 g/mol. The van der Waals surface area contributed by atoms with Crippen molar-refractivity contribution in [3.8, 4) is 0 Å². The Kier molecular flexibility index (Phi) is 11.1. The normalized spacial score (nSPS) is 15.3. The number of ether oxygens (including phenoxy) is 3. The number of carbonyl (C=O) groups is 1. The molecule has 0 fully saturated rings. The summed E-state index contributed by atoms with van der Waals surface area (Å²) in [6.07, 6.45) is -0.0789. The van der Waals surface area contributed by atoms with Gasteiger partial charge in [-0.2, -0.15) is 4.31 Å². The zero-order chi connectivity index (χ0) is 23.0. The molecule has 174 valence electrons. The van der Waals surface area contributed by atoms with Gasteiger partial charge in [-0.1, -0.05) is 20.8 Å². The second-order valence-corrected chi connectivity index (χ2v) is 11.3. The van der Waals surface area contributed by atoms with E-state index in [0.29, 0.717) is 19.8 Å². The summed E-state index contributed by atoms with van der Waals surface area (Å²) in [4.78, 5) is 13.7. The van der Waals surface area contributed by atoms with Gasteiger partial charge in [-0.25, -0.2) is 13.2 Å². The third-order valence-electron chi connectivity index (χ3n) is 4.61. The van der Waals surface area contributed by atoms with Crippen molar-refractivity contribution in [1.29, 1.82) is 0 Å². The number of hydrogen-bond donors (Lipinski definition) is 0. The number of rotatable bonds is 11. The highest BCUT2D eigenvalue weighted by Gasteiger charge is 2.34. The Bertz CT molecular complexity index is 595. The number of sulfonamides is 1. The van der Waals surface area contributed by atoms with Crippen LogP contribution in [0.1, 0.15) is 55.4 Å². The molecule has 0 aliphatic heterocycles. The first kappa shape index (κ1) is 28.1. The van der Waals surface area contributed by atoms with E-state index in [2.05, 4.69) is 0 Å². The van der Waals surface area contributed by atoms with Crippen molar-refractivity contribution in [1.82, 2.24) is 9.21 Å². The van der Waals surface area contributed by atoms with E-state index in [0.717, 1.165) is 0 Å². The lowest BCUT2D eigenvalue weighted by atomic mass is 9.90. The van der Waals surface area contributed by atoms with Crippen molar-refractivity contribution in [2.45, 2.75) is 73.1 Å². The molecule has 0 heterocycles. The standard InChI is InChI=1S/C20H42N2O6S/c1-11-26-13-12-21(9)18(23)27-15-17(28-16(2)19(3,4)5)14-22(20(6,7)8)29(10,24)25/h16-17H,11-15H2,1-10H3/t16-,17-/m0/s1. The van der Waals surface area contributed by atoms with Gasteiger partial charge in [-0.05, 0) is 40.0 Å². The molecule has 9 heteroatoms. The predicted molar refractivity (Wildman–Crippen MR) is 116 cm³/mol. The van der Waals surface area contributed by atoms with Crippen LogP contribution in [0.25, 0.3) is 0 Å². The molecular formula is C20H42N2O6S. The van der Waals surface area contributed by atoms with Crippen LogP contribution in [-0.2, 0) is 24.2 Å². The SMILES string of the molecule is CCOCCN(C)C(=O)OC[C@H](CN(C(C)(C)C)S(C)(=O)=O)O[C@@H](C)C(C)(C)C. The van der Waals surface area contributed by atoms with E-state index >= 15 is 0 Å². The maximum atomic E-state index is 12.3. The maximum absolute atomic E-state index is 12.3. The van der Waals surface area contributed by atoms with Crippen LogP contribution in [0.2, 0.25) is 0 Å². The molecule has 1 amide bonds. The van der Waals surface area contributed by atoms with E-state index < -0.39 is 27.8 Å². The van der Waals surface area contributed by atoms with Gasteiger partial charge in [-0.15, -0.1) is 0 Å². The van der Waals surface area contributed by atoms with Crippen molar-refractivity contribution in [2.24, 2.45) is 5.41 Å². The molecule has 0 aromatic carbocycles. The van der Waals surface area contributed by atoms with Crippen LogP contribution in [-0.4, -0.2) is 87.7 Å². The van der Waals surface area contributed by atoms with Gasteiger partial charge in [0.1, 0.15) is 12.7 Å². The average Bonchev–Trinajstić information content (AvgIpc) is 2.53. The highest BCUT2D eigenvalue weighted by Crippen LogP contribution is 2.25. The highest BCUT2D eigenvalue weighted by molar-refractivity contribution is 7.88. The Morgan fingerprint density at radius 2 is 1.66 bits per heavy atom. The van der Waals surface area contributed by atoms with E-state index in [1.165, 1.54) is 15.5 Å². The van der Waals surface area contributed by atoms with Gasteiger partial charge in [-0.3, -0.25) is 0 Å². The van der Waals surface area contributed by atoms with E-state index in [1.54, 1.807) is 7.05 Å².